The highest BCUT2D eigenvalue weighted by Crippen LogP contribution is 2.24. The standard InChI is InChI=1S/C9H18N2O2S/c12-5-4-10-9(13)11-7-8-3-1-2-6-14-8/h8,12H,1-7H2,(H2,10,11,13). The number of rotatable bonds is 4. The fourth-order valence-electron chi connectivity index (χ4n) is 1.41. The molecule has 1 fully saturated rings. The Morgan fingerprint density at radius 2 is 2.29 bits per heavy atom. The van der Waals surface area contributed by atoms with E-state index in [1.165, 1.54) is 25.0 Å². The highest BCUT2D eigenvalue weighted by Gasteiger charge is 2.14. The van der Waals surface area contributed by atoms with Crippen molar-refractivity contribution in [1.82, 2.24) is 10.6 Å². The number of aliphatic hydroxyl groups excluding tert-OH is 1. The van der Waals surface area contributed by atoms with E-state index < -0.39 is 0 Å². The average Bonchev–Trinajstić information content (AvgIpc) is 2.25. The van der Waals surface area contributed by atoms with Gasteiger partial charge in [-0.25, -0.2) is 4.79 Å². The number of aliphatic hydroxyl groups is 1. The third-order valence-corrected chi connectivity index (χ3v) is 3.56. The molecule has 1 unspecified atom stereocenters. The summed E-state index contributed by atoms with van der Waals surface area (Å²) in [6.45, 7) is 1.05. The maximum Gasteiger partial charge on any atom is 0.314 e. The SMILES string of the molecule is O=C(NCCO)NCC1CCCCS1. The molecule has 1 heterocycles. The van der Waals surface area contributed by atoms with Crippen molar-refractivity contribution in [2.45, 2.75) is 24.5 Å². The van der Waals surface area contributed by atoms with Gasteiger partial charge in [0.2, 0.25) is 0 Å². The van der Waals surface area contributed by atoms with Crippen molar-refractivity contribution in [3.05, 3.63) is 0 Å². The summed E-state index contributed by atoms with van der Waals surface area (Å²) in [4.78, 5) is 11.1. The summed E-state index contributed by atoms with van der Waals surface area (Å²) < 4.78 is 0. The Kier molecular flexibility index (Phi) is 5.78. The molecule has 3 N–H and O–H groups in total. The molecule has 0 aromatic carbocycles. The number of hydrogen-bond donors (Lipinski definition) is 3. The van der Waals surface area contributed by atoms with Gasteiger partial charge in [-0.15, -0.1) is 0 Å². The highest BCUT2D eigenvalue weighted by molar-refractivity contribution is 7.99. The van der Waals surface area contributed by atoms with Gasteiger partial charge in [0.05, 0.1) is 6.61 Å². The molecular formula is C9H18N2O2S. The molecule has 14 heavy (non-hydrogen) atoms. The van der Waals surface area contributed by atoms with Gasteiger partial charge in [0.25, 0.3) is 0 Å². The molecule has 0 aromatic heterocycles. The average molecular weight is 218 g/mol. The van der Waals surface area contributed by atoms with Crippen LogP contribution in [0.1, 0.15) is 19.3 Å². The van der Waals surface area contributed by atoms with E-state index in [0.29, 0.717) is 11.8 Å². The first kappa shape index (κ1) is 11.7. The smallest absolute Gasteiger partial charge is 0.314 e. The molecule has 1 saturated heterocycles. The summed E-state index contributed by atoms with van der Waals surface area (Å²) >= 11 is 1.94. The van der Waals surface area contributed by atoms with E-state index in [1.54, 1.807) is 0 Å². The Bertz CT molecular complexity index is 172. The quantitative estimate of drug-likeness (QED) is 0.646. The monoisotopic (exact) mass is 218 g/mol. The summed E-state index contributed by atoms with van der Waals surface area (Å²) in [5.41, 5.74) is 0. The van der Waals surface area contributed by atoms with Crippen molar-refractivity contribution < 1.29 is 9.90 Å². The van der Waals surface area contributed by atoms with Gasteiger partial charge in [0, 0.05) is 18.3 Å². The van der Waals surface area contributed by atoms with E-state index in [9.17, 15) is 4.79 Å². The van der Waals surface area contributed by atoms with Crippen molar-refractivity contribution in [2.24, 2.45) is 0 Å². The molecule has 5 heteroatoms. The van der Waals surface area contributed by atoms with E-state index in [1.807, 2.05) is 11.8 Å². The van der Waals surface area contributed by atoms with Crippen molar-refractivity contribution in [3.8, 4) is 0 Å². The second-order valence-corrected chi connectivity index (χ2v) is 4.76. The minimum atomic E-state index is -0.176. The first-order chi connectivity index (χ1) is 6.83. The largest absolute Gasteiger partial charge is 0.395 e. The van der Waals surface area contributed by atoms with Gasteiger partial charge in [-0.05, 0) is 18.6 Å². The molecule has 0 aliphatic carbocycles. The van der Waals surface area contributed by atoms with Crippen LogP contribution in [0.4, 0.5) is 4.79 Å². The Balaban J connectivity index is 2.03. The number of thioether (sulfide) groups is 1. The summed E-state index contributed by atoms with van der Waals surface area (Å²) in [6, 6.07) is -0.176. The minimum Gasteiger partial charge on any atom is -0.395 e. The van der Waals surface area contributed by atoms with Gasteiger partial charge >= 0.3 is 6.03 Å². The first-order valence-electron chi connectivity index (χ1n) is 5.07. The normalized spacial score (nSPS) is 21.6. The Morgan fingerprint density at radius 1 is 1.43 bits per heavy atom. The van der Waals surface area contributed by atoms with Crippen LogP contribution in [0.25, 0.3) is 0 Å². The molecule has 0 saturated carbocycles. The summed E-state index contributed by atoms with van der Waals surface area (Å²) in [5, 5.41) is 14.4. The summed E-state index contributed by atoms with van der Waals surface area (Å²) in [5.74, 6) is 1.21. The third-order valence-electron chi connectivity index (χ3n) is 2.16. The number of amides is 2. The third kappa shape index (κ3) is 4.72. The lowest BCUT2D eigenvalue weighted by molar-refractivity contribution is 0.234. The van der Waals surface area contributed by atoms with Crippen LogP contribution in [0.2, 0.25) is 0 Å². The summed E-state index contributed by atoms with van der Waals surface area (Å²) in [6.07, 6.45) is 3.78. The van der Waals surface area contributed by atoms with Crippen LogP contribution in [0.15, 0.2) is 0 Å². The van der Waals surface area contributed by atoms with Crippen LogP contribution >= 0.6 is 11.8 Å². The van der Waals surface area contributed by atoms with Crippen LogP contribution in [0, 0.1) is 0 Å². The van der Waals surface area contributed by atoms with E-state index in [-0.39, 0.29) is 12.6 Å². The van der Waals surface area contributed by atoms with Gasteiger partial charge in [-0.1, -0.05) is 6.42 Å². The predicted octanol–water partition coefficient (Wildman–Crippen LogP) is 0.564. The minimum absolute atomic E-state index is 0.00833. The summed E-state index contributed by atoms with van der Waals surface area (Å²) in [7, 11) is 0. The maximum absolute atomic E-state index is 11.1. The Labute approximate surface area is 88.8 Å². The molecule has 1 rings (SSSR count). The van der Waals surface area contributed by atoms with Gasteiger partial charge in [0.1, 0.15) is 0 Å². The van der Waals surface area contributed by atoms with Crippen LogP contribution in [0.5, 0.6) is 0 Å². The van der Waals surface area contributed by atoms with Crippen LogP contribution in [-0.4, -0.2) is 41.8 Å². The predicted molar refractivity (Wildman–Crippen MR) is 58.6 cm³/mol. The fourth-order valence-corrected chi connectivity index (χ4v) is 2.65. The second kappa shape index (κ2) is 6.95. The lowest BCUT2D eigenvalue weighted by Crippen LogP contribution is -2.40. The molecule has 2 amide bonds. The molecule has 0 radical (unpaired) electrons. The first-order valence-corrected chi connectivity index (χ1v) is 6.12. The zero-order chi connectivity index (χ0) is 10.2. The van der Waals surface area contributed by atoms with Crippen molar-refractivity contribution in [3.63, 3.8) is 0 Å². The number of hydrogen-bond acceptors (Lipinski definition) is 3. The molecule has 4 nitrogen and oxygen atoms in total. The Hall–Kier alpha value is -0.420. The number of carbonyl (C=O) groups excluding carboxylic acids is 1. The van der Waals surface area contributed by atoms with E-state index in [4.69, 9.17) is 5.11 Å². The fraction of sp³-hybridized carbons (Fsp3) is 0.889. The molecule has 0 spiro atoms. The van der Waals surface area contributed by atoms with Gasteiger partial charge in [-0.2, -0.15) is 11.8 Å². The lowest BCUT2D eigenvalue weighted by atomic mass is 10.2. The van der Waals surface area contributed by atoms with E-state index in [2.05, 4.69) is 10.6 Å². The zero-order valence-corrected chi connectivity index (χ0v) is 9.11. The molecule has 1 atom stereocenters. The Morgan fingerprint density at radius 3 is 2.93 bits per heavy atom. The van der Waals surface area contributed by atoms with Crippen LogP contribution in [0.3, 0.4) is 0 Å². The lowest BCUT2D eigenvalue weighted by Gasteiger charge is -2.21. The molecule has 1 aliphatic heterocycles. The second-order valence-electron chi connectivity index (χ2n) is 3.35. The van der Waals surface area contributed by atoms with Gasteiger partial charge in [0.15, 0.2) is 0 Å². The number of urea groups is 1. The highest BCUT2D eigenvalue weighted by atomic mass is 32.2. The van der Waals surface area contributed by atoms with Crippen molar-refractivity contribution in [2.75, 3.05) is 25.4 Å². The van der Waals surface area contributed by atoms with Crippen LogP contribution in [-0.2, 0) is 0 Å². The van der Waals surface area contributed by atoms with E-state index >= 15 is 0 Å². The zero-order valence-electron chi connectivity index (χ0n) is 8.29. The molecule has 1 aliphatic rings. The van der Waals surface area contributed by atoms with E-state index in [0.717, 1.165) is 6.54 Å². The van der Waals surface area contributed by atoms with Crippen molar-refractivity contribution >= 4 is 17.8 Å². The molecule has 0 aromatic rings. The number of carbonyl (C=O) groups is 1. The topological polar surface area (TPSA) is 61.4 Å². The number of nitrogens with one attached hydrogen (secondary N) is 2. The van der Waals surface area contributed by atoms with Crippen LogP contribution < -0.4 is 10.6 Å². The van der Waals surface area contributed by atoms with Gasteiger partial charge < -0.3 is 15.7 Å². The van der Waals surface area contributed by atoms with Crippen molar-refractivity contribution in [1.29, 1.82) is 0 Å². The molecular weight excluding hydrogens is 200 g/mol. The molecule has 82 valence electrons. The maximum atomic E-state index is 11.1. The van der Waals surface area contributed by atoms with Gasteiger partial charge in [-0.3, -0.25) is 0 Å². The molecule has 0 bridgehead atoms.